The van der Waals surface area contributed by atoms with E-state index in [0.29, 0.717) is 24.5 Å². The van der Waals surface area contributed by atoms with Crippen LogP contribution in [0.5, 0.6) is 0 Å². The molecule has 1 atom stereocenters. The second kappa shape index (κ2) is 8.37. The lowest BCUT2D eigenvalue weighted by Gasteiger charge is -2.19. The largest absolute Gasteiger partial charge is 0.388 e. The minimum absolute atomic E-state index is 0.0496. The Hall–Kier alpha value is -3.32. The Labute approximate surface area is 156 Å². The van der Waals surface area contributed by atoms with Crippen molar-refractivity contribution in [1.82, 2.24) is 19.9 Å². The van der Waals surface area contributed by atoms with Crippen LogP contribution >= 0.6 is 0 Å². The number of aromatic nitrogens is 3. The van der Waals surface area contributed by atoms with Crippen LogP contribution in [0, 0.1) is 0 Å². The highest BCUT2D eigenvalue weighted by molar-refractivity contribution is 5.93. The van der Waals surface area contributed by atoms with Gasteiger partial charge in [0.15, 0.2) is 5.82 Å². The fourth-order valence-corrected chi connectivity index (χ4v) is 2.65. The molecule has 0 aliphatic carbocycles. The van der Waals surface area contributed by atoms with E-state index in [1.54, 1.807) is 31.4 Å². The van der Waals surface area contributed by atoms with Crippen molar-refractivity contribution in [3.8, 4) is 11.5 Å². The van der Waals surface area contributed by atoms with Gasteiger partial charge in [-0.25, -0.2) is 4.98 Å². The van der Waals surface area contributed by atoms with E-state index < -0.39 is 17.6 Å². The summed E-state index contributed by atoms with van der Waals surface area (Å²) < 4.78 is 0. The smallest absolute Gasteiger partial charge is 0.264 e. The van der Waals surface area contributed by atoms with Crippen molar-refractivity contribution in [3.63, 3.8) is 0 Å². The number of nitrogens with zero attached hydrogens (tertiary/aromatic N) is 3. The topological polar surface area (TPSA) is 99.2 Å². The first-order chi connectivity index (χ1) is 13.1. The number of aliphatic hydroxyl groups excluding tert-OH is 1. The van der Waals surface area contributed by atoms with Crippen LogP contribution in [0.4, 0.5) is 0 Å². The molecule has 0 fully saturated rings. The average molecular weight is 364 g/mol. The summed E-state index contributed by atoms with van der Waals surface area (Å²) in [5, 5.41) is 10.2. The number of nitrogens with one attached hydrogen (secondary N) is 1. The first-order valence-corrected chi connectivity index (χ1v) is 8.55. The summed E-state index contributed by atoms with van der Waals surface area (Å²) in [4.78, 5) is 37.1. The molecule has 0 saturated carbocycles. The van der Waals surface area contributed by atoms with Crippen LogP contribution in [0.2, 0.25) is 0 Å². The maximum Gasteiger partial charge on any atom is 0.264 e. The Morgan fingerprint density at radius 2 is 1.89 bits per heavy atom. The SMILES string of the molecule is CN(CC[C@H](O)c1ccccc1)C(=O)c1cnc(-c2ccccn2)[nH]c1=O. The number of H-pyrrole nitrogens is 1. The van der Waals surface area contributed by atoms with Gasteiger partial charge in [0, 0.05) is 26.0 Å². The fourth-order valence-electron chi connectivity index (χ4n) is 2.65. The van der Waals surface area contributed by atoms with E-state index in [-0.39, 0.29) is 5.56 Å². The molecule has 2 aromatic heterocycles. The summed E-state index contributed by atoms with van der Waals surface area (Å²) >= 11 is 0. The summed E-state index contributed by atoms with van der Waals surface area (Å²) in [5.74, 6) is -0.143. The van der Waals surface area contributed by atoms with Crippen molar-refractivity contribution in [2.75, 3.05) is 13.6 Å². The molecule has 7 nitrogen and oxygen atoms in total. The number of hydrogen-bond donors (Lipinski definition) is 2. The van der Waals surface area contributed by atoms with E-state index in [0.717, 1.165) is 5.56 Å². The minimum atomic E-state index is -0.676. The van der Waals surface area contributed by atoms with Gasteiger partial charge in [-0.15, -0.1) is 0 Å². The normalized spacial score (nSPS) is 11.8. The van der Waals surface area contributed by atoms with Gasteiger partial charge in [-0.3, -0.25) is 14.6 Å². The number of amides is 1. The summed E-state index contributed by atoms with van der Waals surface area (Å²) in [6, 6.07) is 14.5. The third-order valence-electron chi connectivity index (χ3n) is 4.21. The van der Waals surface area contributed by atoms with Crippen molar-refractivity contribution in [2.45, 2.75) is 12.5 Å². The lowest BCUT2D eigenvalue weighted by molar-refractivity contribution is 0.0759. The van der Waals surface area contributed by atoms with Crippen molar-refractivity contribution < 1.29 is 9.90 Å². The van der Waals surface area contributed by atoms with E-state index >= 15 is 0 Å². The Balaban J connectivity index is 1.67. The monoisotopic (exact) mass is 364 g/mol. The average Bonchev–Trinajstić information content (AvgIpc) is 2.72. The summed E-state index contributed by atoms with van der Waals surface area (Å²) in [5.41, 5.74) is 0.739. The lowest BCUT2D eigenvalue weighted by Crippen LogP contribution is -2.33. The summed E-state index contributed by atoms with van der Waals surface area (Å²) in [6.45, 7) is 0.302. The van der Waals surface area contributed by atoms with Gasteiger partial charge in [0.1, 0.15) is 11.3 Å². The Morgan fingerprint density at radius 3 is 2.56 bits per heavy atom. The van der Waals surface area contributed by atoms with Gasteiger partial charge < -0.3 is 15.0 Å². The Morgan fingerprint density at radius 1 is 1.15 bits per heavy atom. The van der Waals surface area contributed by atoms with Crippen LogP contribution in [0.25, 0.3) is 11.5 Å². The summed E-state index contributed by atoms with van der Waals surface area (Å²) in [7, 11) is 1.59. The molecule has 1 aromatic carbocycles. The number of benzene rings is 1. The molecule has 7 heteroatoms. The highest BCUT2D eigenvalue weighted by Gasteiger charge is 2.18. The molecule has 0 radical (unpaired) electrons. The van der Waals surface area contributed by atoms with Crippen molar-refractivity contribution in [2.24, 2.45) is 0 Å². The molecule has 27 heavy (non-hydrogen) atoms. The molecule has 0 spiro atoms. The summed E-state index contributed by atoms with van der Waals surface area (Å²) in [6.07, 6.45) is 2.54. The molecule has 2 N–H and O–H groups in total. The molecule has 0 bridgehead atoms. The second-order valence-electron chi connectivity index (χ2n) is 6.13. The lowest BCUT2D eigenvalue weighted by atomic mass is 10.1. The van der Waals surface area contributed by atoms with E-state index in [2.05, 4.69) is 15.0 Å². The van der Waals surface area contributed by atoms with E-state index in [4.69, 9.17) is 0 Å². The number of aromatic amines is 1. The van der Waals surface area contributed by atoms with Crippen LogP contribution in [0.15, 0.2) is 65.7 Å². The maximum absolute atomic E-state index is 12.5. The quantitative estimate of drug-likeness (QED) is 0.697. The molecule has 3 rings (SSSR count). The molecular weight excluding hydrogens is 344 g/mol. The van der Waals surface area contributed by atoms with E-state index in [1.807, 2.05) is 30.3 Å². The zero-order chi connectivity index (χ0) is 19.2. The molecule has 0 unspecified atom stereocenters. The van der Waals surface area contributed by atoms with Gasteiger partial charge in [0.05, 0.1) is 6.10 Å². The van der Waals surface area contributed by atoms with Gasteiger partial charge in [0.25, 0.3) is 11.5 Å². The molecule has 0 aliphatic heterocycles. The molecule has 0 saturated heterocycles. The van der Waals surface area contributed by atoms with Crippen molar-refractivity contribution in [1.29, 1.82) is 0 Å². The van der Waals surface area contributed by atoms with Crippen LogP contribution in [-0.2, 0) is 0 Å². The molecule has 138 valence electrons. The second-order valence-corrected chi connectivity index (χ2v) is 6.13. The highest BCUT2D eigenvalue weighted by Crippen LogP contribution is 2.16. The van der Waals surface area contributed by atoms with E-state index in [9.17, 15) is 14.7 Å². The number of aliphatic hydroxyl groups is 1. The molecule has 1 amide bonds. The van der Waals surface area contributed by atoms with Gasteiger partial charge in [0.2, 0.25) is 0 Å². The first-order valence-electron chi connectivity index (χ1n) is 8.55. The van der Waals surface area contributed by atoms with Crippen molar-refractivity contribution >= 4 is 5.91 Å². The molecule has 3 aromatic rings. The highest BCUT2D eigenvalue weighted by atomic mass is 16.3. The molecule has 2 heterocycles. The number of carbonyl (C=O) groups excluding carboxylic acids is 1. The van der Waals surface area contributed by atoms with E-state index in [1.165, 1.54) is 11.1 Å². The zero-order valence-corrected chi connectivity index (χ0v) is 14.9. The van der Waals surface area contributed by atoms with Gasteiger partial charge in [-0.1, -0.05) is 36.4 Å². The number of pyridine rings is 1. The predicted molar refractivity (Wildman–Crippen MR) is 101 cm³/mol. The van der Waals surface area contributed by atoms with Crippen LogP contribution < -0.4 is 5.56 Å². The maximum atomic E-state index is 12.5. The number of rotatable bonds is 6. The van der Waals surface area contributed by atoms with Crippen molar-refractivity contribution in [3.05, 3.63) is 82.4 Å². The fraction of sp³-hybridized carbons (Fsp3) is 0.200. The Bertz CT molecular complexity index is 958. The van der Waals surface area contributed by atoms with Gasteiger partial charge >= 0.3 is 0 Å². The predicted octanol–water partition coefficient (Wildman–Crippen LogP) is 2.03. The minimum Gasteiger partial charge on any atom is -0.388 e. The number of carbonyl (C=O) groups is 1. The van der Waals surface area contributed by atoms with Crippen LogP contribution in [0.1, 0.15) is 28.4 Å². The van der Waals surface area contributed by atoms with Gasteiger partial charge in [-0.2, -0.15) is 0 Å². The Kier molecular flexibility index (Phi) is 5.73. The molecule has 0 aliphatic rings. The van der Waals surface area contributed by atoms with Crippen LogP contribution in [-0.4, -0.2) is 44.5 Å². The number of hydrogen-bond acceptors (Lipinski definition) is 5. The van der Waals surface area contributed by atoms with Gasteiger partial charge in [-0.05, 0) is 24.1 Å². The van der Waals surface area contributed by atoms with Crippen LogP contribution in [0.3, 0.4) is 0 Å². The molecular formula is C20H20N4O3. The third-order valence-corrected chi connectivity index (χ3v) is 4.21. The third kappa shape index (κ3) is 4.45. The first kappa shape index (κ1) is 18.5. The zero-order valence-electron chi connectivity index (χ0n) is 14.9. The standard InChI is InChI=1S/C20H20N4O3/c1-24(12-10-17(25)14-7-3-2-4-8-14)20(27)15-13-22-18(23-19(15)26)16-9-5-6-11-21-16/h2-9,11,13,17,25H,10,12H2,1H3,(H,22,23,26)/t17-/m0/s1.